The van der Waals surface area contributed by atoms with Gasteiger partial charge in [0, 0.05) is 18.5 Å². The van der Waals surface area contributed by atoms with Crippen molar-refractivity contribution >= 4 is 5.65 Å². The van der Waals surface area contributed by atoms with Crippen LogP contribution in [0.25, 0.3) is 5.65 Å². The highest BCUT2D eigenvalue weighted by atomic mass is 16.5. The van der Waals surface area contributed by atoms with Gasteiger partial charge < -0.3 is 4.74 Å². The van der Waals surface area contributed by atoms with E-state index in [1.54, 1.807) is 12.3 Å². The third kappa shape index (κ3) is 1.48. The minimum atomic E-state index is -0.0822. The van der Waals surface area contributed by atoms with Gasteiger partial charge in [0.25, 0.3) is 5.56 Å². The van der Waals surface area contributed by atoms with E-state index < -0.39 is 0 Å². The molecule has 0 aliphatic heterocycles. The maximum absolute atomic E-state index is 11.5. The van der Waals surface area contributed by atoms with Gasteiger partial charge in [-0.1, -0.05) is 0 Å². The first kappa shape index (κ1) is 8.47. The minimum Gasteiger partial charge on any atom is -0.487 e. The van der Waals surface area contributed by atoms with Crippen LogP contribution in [-0.2, 0) is 0 Å². The molecule has 3 rings (SSSR count). The molecule has 4 nitrogen and oxygen atoms in total. The molecular weight excluding hydrogens is 192 g/mol. The zero-order valence-corrected chi connectivity index (χ0v) is 8.09. The molecule has 76 valence electrons. The summed E-state index contributed by atoms with van der Waals surface area (Å²) in [4.78, 5) is 15.7. The minimum absolute atomic E-state index is 0.0822. The maximum Gasteiger partial charge on any atom is 0.257 e. The summed E-state index contributed by atoms with van der Waals surface area (Å²) in [6.45, 7) is 0. The largest absolute Gasteiger partial charge is 0.487 e. The van der Waals surface area contributed by atoms with Crippen LogP contribution in [0.5, 0.6) is 5.75 Å². The van der Waals surface area contributed by atoms with Crippen LogP contribution in [0, 0.1) is 0 Å². The molecule has 2 aromatic heterocycles. The van der Waals surface area contributed by atoms with Crippen molar-refractivity contribution in [2.24, 2.45) is 0 Å². The predicted molar refractivity (Wildman–Crippen MR) is 55.1 cm³/mol. The summed E-state index contributed by atoms with van der Waals surface area (Å²) in [6.07, 6.45) is 5.71. The van der Waals surface area contributed by atoms with Crippen LogP contribution in [0.1, 0.15) is 12.8 Å². The summed E-state index contributed by atoms with van der Waals surface area (Å²) >= 11 is 0. The molecule has 1 saturated carbocycles. The Kier molecular flexibility index (Phi) is 1.74. The monoisotopic (exact) mass is 202 g/mol. The van der Waals surface area contributed by atoms with Crippen LogP contribution in [0.3, 0.4) is 0 Å². The van der Waals surface area contributed by atoms with E-state index >= 15 is 0 Å². The second kappa shape index (κ2) is 3.08. The smallest absolute Gasteiger partial charge is 0.257 e. The van der Waals surface area contributed by atoms with Gasteiger partial charge in [0.2, 0.25) is 0 Å². The van der Waals surface area contributed by atoms with Gasteiger partial charge in [0.05, 0.1) is 6.10 Å². The molecule has 0 atom stereocenters. The van der Waals surface area contributed by atoms with E-state index in [1.165, 1.54) is 16.7 Å². The molecular formula is C11H10N2O2. The maximum atomic E-state index is 11.5. The molecule has 0 bridgehead atoms. The Morgan fingerprint density at radius 1 is 1.40 bits per heavy atom. The fourth-order valence-corrected chi connectivity index (χ4v) is 1.49. The summed E-state index contributed by atoms with van der Waals surface area (Å²) in [6, 6.07) is 5.09. The Labute approximate surface area is 86.1 Å². The van der Waals surface area contributed by atoms with Crippen LogP contribution >= 0.6 is 0 Å². The van der Waals surface area contributed by atoms with E-state index in [-0.39, 0.29) is 5.56 Å². The van der Waals surface area contributed by atoms with Crippen molar-refractivity contribution in [2.75, 3.05) is 0 Å². The quantitative estimate of drug-likeness (QED) is 0.735. The first-order chi connectivity index (χ1) is 7.34. The highest BCUT2D eigenvalue weighted by molar-refractivity contribution is 5.52. The number of rotatable bonds is 2. The Balaban J connectivity index is 2.20. The lowest BCUT2D eigenvalue weighted by Gasteiger charge is -2.07. The standard InChI is InChI=1S/C11H10N2O2/c14-10-5-6-12-11-9(15-8-3-4-8)2-1-7-13(10)11/h1-2,5-8H,3-4H2. The van der Waals surface area contributed by atoms with Crippen LogP contribution in [-0.4, -0.2) is 15.5 Å². The van der Waals surface area contributed by atoms with Gasteiger partial charge in [0.15, 0.2) is 11.4 Å². The number of nitrogens with zero attached hydrogens (tertiary/aromatic N) is 2. The van der Waals surface area contributed by atoms with Gasteiger partial charge in [0.1, 0.15) is 0 Å². The number of aromatic nitrogens is 2. The molecule has 1 fully saturated rings. The Bertz CT molecular complexity index is 558. The van der Waals surface area contributed by atoms with Crippen molar-refractivity contribution < 1.29 is 4.74 Å². The number of ether oxygens (including phenoxy) is 1. The van der Waals surface area contributed by atoms with Crippen molar-refractivity contribution in [3.63, 3.8) is 0 Å². The Morgan fingerprint density at radius 2 is 2.27 bits per heavy atom. The van der Waals surface area contributed by atoms with Crippen LogP contribution < -0.4 is 10.3 Å². The topological polar surface area (TPSA) is 43.6 Å². The van der Waals surface area contributed by atoms with E-state index in [0.29, 0.717) is 17.5 Å². The molecule has 0 radical (unpaired) electrons. The molecule has 1 aliphatic rings. The lowest BCUT2D eigenvalue weighted by molar-refractivity contribution is 0.305. The van der Waals surface area contributed by atoms with E-state index in [1.807, 2.05) is 6.07 Å². The van der Waals surface area contributed by atoms with Crippen LogP contribution in [0.15, 0.2) is 35.4 Å². The van der Waals surface area contributed by atoms with Gasteiger partial charge in [-0.05, 0) is 25.0 Å². The second-order valence-corrected chi connectivity index (χ2v) is 3.67. The molecule has 0 spiro atoms. The summed E-state index contributed by atoms with van der Waals surface area (Å²) in [5.74, 6) is 0.692. The SMILES string of the molecule is O=c1ccnc2c(OC3CC3)cccn12. The number of pyridine rings is 1. The Morgan fingerprint density at radius 3 is 3.07 bits per heavy atom. The zero-order chi connectivity index (χ0) is 10.3. The zero-order valence-electron chi connectivity index (χ0n) is 8.09. The summed E-state index contributed by atoms with van der Waals surface area (Å²) in [5.41, 5.74) is 0.512. The molecule has 0 amide bonds. The molecule has 0 saturated heterocycles. The Hall–Kier alpha value is -1.84. The molecule has 2 heterocycles. The third-order valence-corrected chi connectivity index (χ3v) is 2.40. The first-order valence-corrected chi connectivity index (χ1v) is 4.98. The molecule has 0 N–H and O–H groups in total. The van der Waals surface area contributed by atoms with Crippen molar-refractivity contribution in [3.8, 4) is 5.75 Å². The fraction of sp³-hybridized carbons (Fsp3) is 0.273. The summed E-state index contributed by atoms with van der Waals surface area (Å²) < 4.78 is 7.17. The van der Waals surface area contributed by atoms with Crippen LogP contribution in [0.2, 0.25) is 0 Å². The van der Waals surface area contributed by atoms with E-state index in [0.717, 1.165) is 12.8 Å². The van der Waals surface area contributed by atoms with E-state index in [2.05, 4.69) is 4.98 Å². The molecule has 0 unspecified atom stereocenters. The van der Waals surface area contributed by atoms with Crippen molar-refractivity contribution in [2.45, 2.75) is 18.9 Å². The van der Waals surface area contributed by atoms with Gasteiger partial charge >= 0.3 is 0 Å². The first-order valence-electron chi connectivity index (χ1n) is 4.98. The molecule has 4 heteroatoms. The summed E-state index contributed by atoms with van der Waals surface area (Å²) in [7, 11) is 0. The highest BCUT2D eigenvalue weighted by Crippen LogP contribution is 2.28. The second-order valence-electron chi connectivity index (χ2n) is 3.67. The van der Waals surface area contributed by atoms with E-state index in [9.17, 15) is 4.79 Å². The highest BCUT2D eigenvalue weighted by Gasteiger charge is 2.24. The molecule has 0 aromatic carbocycles. The third-order valence-electron chi connectivity index (χ3n) is 2.40. The van der Waals surface area contributed by atoms with Crippen molar-refractivity contribution in [1.29, 1.82) is 0 Å². The average Bonchev–Trinajstić information content (AvgIpc) is 3.04. The summed E-state index contributed by atoms with van der Waals surface area (Å²) in [5, 5.41) is 0. The molecule has 15 heavy (non-hydrogen) atoms. The van der Waals surface area contributed by atoms with Gasteiger partial charge in [-0.2, -0.15) is 0 Å². The van der Waals surface area contributed by atoms with Gasteiger partial charge in [-0.3, -0.25) is 9.20 Å². The average molecular weight is 202 g/mol. The lowest BCUT2D eigenvalue weighted by atomic mass is 10.4. The predicted octanol–water partition coefficient (Wildman–Crippen LogP) is 1.24. The van der Waals surface area contributed by atoms with Gasteiger partial charge in [-0.15, -0.1) is 0 Å². The van der Waals surface area contributed by atoms with Crippen molar-refractivity contribution in [3.05, 3.63) is 40.9 Å². The number of fused-ring (bicyclic) bond motifs is 1. The molecule has 2 aromatic rings. The molecule has 1 aliphatic carbocycles. The van der Waals surface area contributed by atoms with Gasteiger partial charge in [-0.25, -0.2) is 4.98 Å². The van der Waals surface area contributed by atoms with Crippen molar-refractivity contribution in [1.82, 2.24) is 9.38 Å². The number of hydrogen-bond acceptors (Lipinski definition) is 3. The lowest BCUT2D eigenvalue weighted by Crippen LogP contribution is -2.13. The van der Waals surface area contributed by atoms with E-state index in [4.69, 9.17) is 4.74 Å². The number of hydrogen-bond donors (Lipinski definition) is 0. The van der Waals surface area contributed by atoms with Crippen LogP contribution in [0.4, 0.5) is 0 Å². The fourth-order valence-electron chi connectivity index (χ4n) is 1.49. The normalized spacial score (nSPS) is 15.5.